The highest BCUT2D eigenvalue weighted by Crippen LogP contribution is 2.33. The van der Waals surface area contributed by atoms with Crippen LogP contribution in [0.2, 0.25) is 0 Å². The van der Waals surface area contributed by atoms with Gasteiger partial charge in [0.25, 0.3) is 0 Å². The van der Waals surface area contributed by atoms with Gasteiger partial charge in [-0.2, -0.15) is 0 Å². The Hall–Kier alpha value is -2.62. The van der Waals surface area contributed by atoms with Gasteiger partial charge < -0.3 is 9.64 Å². The quantitative estimate of drug-likeness (QED) is 0.802. The molecular weight excluding hydrogens is 290 g/mol. The van der Waals surface area contributed by atoms with Crippen LogP contribution in [0.25, 0.3) is 0 Å². The topological polar surface area (TPSA) is 46.6 Å². The van der Waals surface area contributed by atoms with Crippen molar-refractivity contribution in [3.8, 4) is 0 Å². The Morgan fingerprint density at radius 3 is 2.70 bits per heavy atom. The van der Waals surface area contributed by atoms with Gasteiger partial charge in [-0.05, 0) is 23.6 Å². The molecule has 0 fully saturated rings. The van der Waals surface area contributed by atoms with Crippen molar-refractivity contribution in [2.75, 3.05) is 6.54 Å². The van der Waals surface area contributed by atoms with E-state index in [1.54, 1.807) is 6.07 Å². The standard InChI is InChI=1S/C19H17NO3/c21-18(20-10-9-13-5-1-2-6-14(13)12-20)11-17-15-7-3-4-8-16(15)19(22)23-17/h1-8,17H,9-12H2/t17-/m1/s1. The van der Waals surface area contributed by atoms with Crippen molar-refractivity contribution in [1.29, 1.82) is 0 Å². The van der Waals surface area contributed by atoms with Gasteiger partial charge in [0.2, 0.25) is 5.91 Å². The number of benzene rings is 2. The first-order chi connectivity index (χ1) is 11.2. The SMILES string of the molecule is O=C1O[C@H](CC(=O)N2CCc3ccccc3C2)c2ccccc21. The number of hydrogen-bond acceptors (Lipinski definition) is 3. The molecule has 1 atom stereocenters. The Balaban J connectivity index is 1.49. The zero-order chi connectivity index (χ0) is 15.8. The van der Waals surface area contributed by atoms with E-state index in [2.05, 4.69) is 12.1 Å². The summed E-state index contributed by atoms with van der Waals surface area (Å²) in [7, 11) is 0. The summed E-state index contributed by atoms with van der Waals surface area (Å²) in [5, 5.41) is 0. The van der Waals surface area contributed by atoms with E-state index in [0.717, 1.165) is 18.5 Å². The fraction of sp³-hybridized carbons (Fsp3) is 0.263. The van der Waals surface area contributed by atoms with Crippen molar-refractivity contribution >= 4 is 11.9 Å². The third-order valence-corrected chi connectivity index (χ3v) is 4.62. The first kappa shape index (κ1) is 14.0. The van der Waals surface area contributed by atoms with Crippen LogP contribution in [0.15, 0.2) is 48.5 Å². The molecule has 116 valence electrons. The lowest BCUT2D eigenvalue weighted by Gasteiger charge is -2.29. The van der Waals surface area contributed by atoms with Crippen molar-refractivity contribution in [2.24, 2.45) is 0 Å². The molecule has 2 aliphatic rings. The molecule has 2 aliphatic heterocycles. The highest BCUT2D eigenvalue weighted by atomic mass is 16.5. The summed E-state index contributed by atoms with van der Waals surface area (Å²) in [6, 6.07) is 15.5. The summed E-state index contributed by atoms with van der Waals surface area (Å²) in [4.78, 5) is 26.3. The lowest BCUT2D eigenvalue weighted by atomic mass is 9.98. The Morgan fingerprint density at radius 1 is 1.09 bits per heavy atom. The molecule has 4 rings (SSSR count). The van der Waals surface area contributed by atoms with Crippen molar-refractivity contribution in [1.82, 2.24) is 4.90 Å². The minimum Gasteiger partial charge on any atom is -0.453 e. The van der Waals surface area contributed by atoms with Crippen LogP contribution in [0.5, 0.6) is 0 Å². The van der Waals surface area contributed by atoms with Crippen molar-refractivity contribution < 1.29 is 14.3 Å². The molecule has 0 unspecified atom stereocenters. The largest absolute Gasteiger partial charge is 0.453 e. The number of ether oxygens (including phenoxy) is 1. The molecular formula is C19H17NO3. The van der Waals surface area contributed by atoms with Gasteiger partial charge in [0.05, 0.1) is 12.0 Å². The van der Waals surface area contributed by atoms with E-state index in [4.69, 9.17) is 4.74 Å². The molecule has 2 aromatic rings. The summed E-state index contributed by atoms with van der Waals surface area (Å²) >= 11 is 0. The molecule has 23 heavy (non-hydrogen) atoms. The molecule has 4 nitrogen and oxygen atoms in total. The number of esters is 1. The molecule has 0 aromatic heterocycles. The van der Waals surface area contributed by atoms with Crippen LogP contribution < -0.4 is 0 Å². The minimum absolute atomic E-state index is 0.0361. The second-order valence-electron chi connectivity index (χ2n) is 6.02. The number of cyclic esters (lactones) is 1. The lowest BCUT2D eigenvalue weighted by molar-refractivity contribution is -0.134. The molecule has 1 amide bonds. The Kier molecular flexibility index (Phi) is 3.37. The predicted molar refractivity (Wildman–Crippen MR) is 84.8 cm³/mol. The van der Waals surface area contributed by atoms with Crippen molar-refractivity contribution in [3.63, 3.8) is 0 Å². The maximum atomic E-state index is 12.6. The van der Waals surface area contributed by atoms with Gasteiger partial charge in [-0.3, -0.25) is 4.79 Å². The summed E-state index contributed by atoms with van der Waals surface area (Å²) in [6.07, 6.45) is 0.636. The summed E-state index contributed by atoms with van der Waals surface area (Å²) in [5.74, 6) is -0.295. The second-order valence-corrected chi connectivity index (χ2v) is 6.02. The summed E-state index contributed by atoms with van der Waals surface area (Å²) in [5.41, 5.74) is 3.92. The van der Waals surface area contributed by atoms with Crippen molar-refractivity contribution in [2.45, 2.75) is 25.5 Å². The molecule has 0 saturated heterocycles. The highest BCUT2D eigenvalue weighted by Gasteiger charge is 2.33. The third-order valence-electron chi connectivity index (χ3n) is 4.62. The van der Waals surface area contributed by atoms with E-state index in [1.807, 2.05) is 35.2 Å². The molecule has 0 N–H and O–H groups in total. The average Bonchev–Trinajstić information content (AvgIpc) is 2.91. The van der Waals surface area contributed by atoms with Gasteiger partial charge in [-0.15, -0.1) is 0 Å². The fourth-order valence-electron chi connectivity index (χ4n) is 3.37. The first-order valence-corrected chi connectivity index (χ1v) is 7.87. The maximum absolute atomic E-state index is 12.6. The van der Waals surface area contributed by atoms with E-state index in [1.165, 1.54) is 11.1 Å². The fourth-order valence-corrected chi connectivity index (χ4v) is 3.37. The average molecular weight is 307 g/mol. The van der Waals surface area contributed by atoms with Crippen LogP contribution >= 0.6 is 0 Å². The zero-order valence-corrected chi connectivity index (χ0v) is 12.7. The van der Waals surface area contributed by atoms with Crippen molar-refractivity contribution in [3.05, 3.63) is 70.8 Å². The summed E-state index contributed by atoms with van der Waals surface area (Å²) in [6.45, 7) is 1.36. The van der Waals surface area contributed by atoms with Gasteiger partial charge in [0.15, 0.2) is 0 Å². The van der Waals surface area contributed by atoms with E-state index < -0.39 is 6.10 Å². The molecule has 2 aromatic carbocycles. The molecule has 4 heteroatoms. The van der Waals surface area contributed by atoms with Gasteiger partial charge in [0.1, 0.15) is 6.10 Å². The highest BCUT2D eigenvalue weighted by molar-refractivity contribution is 5.94. The molecule has 0 spiro atoms. The van der Waals surface area contributed by atoms with Crippen LogP contribution in [-0.4, -0.2) is 23.3 Å². The lowest BCUT2D eigenvalue weighted by Crippen LogP contribution is -2.36. The van der Waals surface area contributed by atoms with E-state index in [9.17, 15) is 9.59 Å². The van der Waals surface area contributed by atoms with E-state index in [-0.39, 0.29) is 18.3 Å². The summed E-state index contributed by atoms with van der Waals surface area (Å²) < 4.78 is 5.38. The Bertz CT molecular complexity index is 784. The maximum Gasteiger partial charge on any atom is 0.339 e. The molecule has 0 saturated carbocycles. The van der Waals surface area contributed by atoms with Gasteiger partial charge >= 0.3 is 5.97 Å². The van der Waals surface area contributed by atoms with Crippen LogP contribution in [0.1, 0.15) is 39.6 Å². The Morgan fingerprint density at radius 2 is 1.83 bits per heavy atom. The number of fused-ring (bicyclic) bond motifs is 2. The van der Waals surface area contributed by atoms with E-state index in [0.29, 0.717) is 12.1 Å². The number of carbonyl (C=O) groups is 2. The van der Waals surface area contributed by atoms with E-state index >= 15 is 0 Å². The van der Waals surface area contributed by atoms with Gasteiger partial charge in [-0.25, -0.2) is 4.79 Å². The molecule has 0 bridgehead atoms. The van der Waals surface area contributed by atoms with Gasteiger partial charge in [-0.1, -0.05) is 42.5 Å². The normalized spacial score (nSPS) is 19.0. The Labute approximate surface area is 134 Å². The predicted octanol–water partition coefficient (Wildman–Crippen LogP) is 2.87. The van der Waals surface area contributed by atoms with Crippen LogP contribution in [0.4, 0.5) is 0 Å². The van der Waals surface area contributed by atoms with Gasteiger partial charge in [0, 0.05) is 18.7 Å². The van der Waals surface area contributed by atoms with Crippen LogP contribution in [0, 0.1) is 0 Å². The number of hydrogen-bond donors (Lipinski definition) is 0. The number of carbonyl (C=O) groups excluding carboxylic acids is 2. The molecule has 0 aliphatic carbocycles. The minimum atomic E-state index is -0.455. The number of amides is 1. The number of rotatable bonds is 2. The zero-order valence-electron chi connectivity index (χ0n) is 12.7. The smallest absolute Gasteiger partial charge is 0.339 e. The number of nitrogens with zero attached hydrogens (tertiary/aromatic N) is 1. The monoisotopic (exact) mass is 307 g/mol. The third kappa shape index (κ3) is 2.50. The second kappa shape index (κ2) is 5.54. The first-order valence-electron chi connectivity index (χ1n) is 7.87. The van der Waals surface area contributed by atoms with Crippen LogP contribution in [0.3, 0.4) is 0 Å². The van der Waals surface area contributed by atoms with Crippen LogP contribution in [-0.2, 0) is 22.5 Å². The molecule has 0 radical (unpaired) electrons. The molecule has 2 heterocycles.